The molecule has 0 aliphatic heterocycles. The molecule has 306 valence electrons. The SMILES string of the molecule is CCCCCC/C=C/CCC(=O)OCC(COCCC(C(=O)[O-])[N+](C)(C)C)OC(=O)CCCCCCCCCCCCCCCCCCCCCC. The zero-order valence-corrected chi connectivity index (χ0v) is 34.7. The predicted octanol–water partition coefficient (Wildman–Crippen LogP) is 10.2. The Balaban J connectivity index is 4.21. The number of quaternary nitrogens is 1. The maximum atomic E-state index is 12.7. The summed E-state index contributed by atoms with van der Waals surface area (Å²) in [5.41, 5.74) is 0. The smallest absolute Gasteiger partial charge is 0.306 e. The van der Waals surface area contributed by atoms with Crippen LogP contribution in [0.1, 0.15) is 200 Å². The number of likely N-dealkylation sites (N-methyl/N-ethyl adjacent to an activating group) is 1. The van der Waals surface area contributed by atoms with Crippen molar-refractivity contribution in [3.63, 3.8) is 0 Å². The number of rotatable bonds is 39. The lowest BCUT2D eigenvalue weighted by atomic mass is 10.0. The molecule has 0 aromatic rings. The number of carboxylic acids is 1. The zero-order chi connectivity index (χ0) is 38.5. The highest BCUT2D eigenvalue weighted by Crippen LogP contribution is 2.16. The van der Waals surface area contributed by atoms with Gasteiger partial charge in [-0.15, -0.1) is 0 Å². The van der Waals surface area contributed by atoms with E-state index in [0.717, 1.165) is 25.7 Å². The fourth-order valence-electron chi connectivity index (χ4n) is 6.50. The van der Waals surface area contributed by atoms with Crippen molar-refractivity contribution in [2.45, 2.75) is 212 Å². The molecule has 0 aliphatic carbocycles. The summed E-state index contributed by atoms with van der Waals surface area (Å²) in [5, 5.41) is 11.6. The molecule has 8 nitrogen and oxygen atoms in total. The van der Waals surface area contributed by atoms with Gasteiger partial charge in [0.05, 0.1) is 40.3 Å². The lowest BCUT2D eigenvalue weighted by Crippen LogP contribution is -2.55. The summed E-state index contributed by atoms with van der Waals surface area (Å²) in [4.78, 5) is 36.6. The normalized spacial score (nSPS) is 13.0. The van der Waals surface area contributed by atoms with E-state index < -0.39 is 18.1 Å². The minimum absolute atomic E-state index is 0.0346. The van der Waals surface area contributed by atoms with Gasteiger partial charge in [-0.2, -0.15) is 0 Å². The number of aliphatic carboxylic acids is 1. The van der Waals surface area contributed by atoms with Gasteiger partial charge in [-0.05, 0) is 25.7 Å². The second-order valence-electron chi connectivity index (χ2n) is 15.9. The Labute approximate surface area is 320 Å². The number of ether oxygens (including phenoxy) is 3. The van der Waals surface area contributed by atoms with E-state index in [0.29, 0.717) is 12.8 Å². The average Bonchev–Trinajstić information content (AvgIpc) is 3.09. The van der Waals surface area contributed by atoms with Crippen molar-refractivity contribution in [2.75, 3.05) is 41.0 Å². The summed E-state index contributed by atoms with van der Waals surface area (Å²) in [6, 6.07) is -0.724. The van der Waals surface area contributed by atoms with Crippen molar-refractivity contribution < 1.29 is 38.2 Å². The van der Waals surface area contributed by atoms with Crippen LogP contribution in [-0.2, 0) is 28.6 Å². The minimum atomic E-state index is -1.13. The lowest BCUT2D eigenvalue weighted by molar-refractivity contribution is -0.889. The predicted molar refractivity (Wildman–Crippen MR) is 213 cm³/mol. The molecule has 0 heterocycles. The maximum absolute atomic E-state index is 12.7. The Morgan fingerprint density at radius 1 is 0.558 bits per heavy atom. The molecule has 0 amide bonds. The number of esters is 2. The Morgan fingerprint density at radius 3 is 1.46 bits per heavy atom. The molecule has 0 aliphatic rings. The molecule has 0 fully saturated rings. The van der Waals surface area contributed by atoms with Crippen LogP contribution in [0.15, 0.2) is 12.2 Å². The van der Waals surface area contributed by atoms with E-state index >= 15 is 0 Å². The van der Waals surface area contributed by atoms with Crippen LogP contribution in [0.25, 0.3) is 0 Å². The molecule has 0 spiro atoms. The van der Waals surface area contributed by atoms with E-state index in [1.807, 2.05) is 6.08 Å². The number of carbonyl (C=O) groups is 3. The number of unbranched alkanes of at least 4 members (excludes halogenated alkanes) is 23. The van der Waals surface area contributed by atoms with Crippen LogP contribution in [0.3, 0.4) is 0 Å². The van der Waals surface area contributed by atoms with Crippen molar-refractivity contribution >= 4 is 17.9 Å². The summed E-state index contributed by atoms with van der Waals surface area (Å²) in [6.07, 6.45) is 36.9. The Bertz CT molecular complexity index is 869. The van der Waals surface area contributed by atoms with Crippen LogP contribution in [-0.4, -0.2) is 75.5 Å². The Morgan fingerprint density at radius 2 is 1.00 bits per heavy atom. The van der Waals surface area contributed by atoms with Crippen LogP contribution < -0.4 is 5.11 Å². The third-order valence-electron chi connectivity index (χ3n) is 9.92. The van der Waals surface area contributed by atoms with Gasteiger partial charge in [0.1, 0.15) is 12.6 Å². The topological polar surface area (TPSA) is 102 Å². The van der Waals surface area contributed by atoms with Gasteiger partial charge < -0.3 is 28.6 Å². The molecular formula is C44H83NO7. The van der Waals surface area contributed by atoms with Gasteiger partial charge in [0.25, 0.3) is 0 Å². The third kappa shape index (κ3) is 33.9. The molecular weight excluding hydrogens is 654 g/mol. The second kappa shape index (κ2) is 36.1. The van der Waals surface area contributed by atoms with Crippen LogP contribution in [0, 0.1) is 0 Å². The number of nitrogens with zero attached hydrogens (tertiary/aromatic N) is 1. The highest BCUT2D eigenvalue weighted by atomic mass is 16.6. The highest BCUT2D eigenvalue weighted by molar-refractivity contribution is 5.70. The van der Waals surface area contributed by atoms with Crippen molar-refractivity contribution in [1.82, 2.24) is 0 Å². The molecule has 0 aromatic carbocycles. The molecule has 0 saturated carbocycles. The zero-order valence-electron chi connectivity index (χ0n) is 34.7. The van der Waals surface area contributed by atoms with E-state index in [1.54, 1.807) is 21.1 Å². The number of carbonyl (C=O) groups excluding carboxylic acids is 3. The van der Waals surface area contributed by atoms with E-state index in [4.69, 9.17) is 14.2 Å². The number of hydrogen-bond acceptors (Lipinski definition) is 7. The van der Waals surface area contributed by atoms with Gasteiger partial charge in [0.2, 0.25) is 0 Å². The molecule has 52 heavy (non-hydrogen) atoms. The molecule has 2 unspecified atom stereocenters. The number of allylic oxidation sites excluding steroid dienone is 2. The molecule has 0 bridgehead atoms. The highest BCUT2D eigenvalue weighted by Gasteiger charge is 2.25. The maximum Gasteiger partial charge on any atom is 0.306 e. The number of hydrogen-bond donors (Lipinski definition) is 0. The third-order valence-corrected chi connectivity index (χ3v) is 9.92. The van der Waals surface area contributed by atoms with Crippen molar-refractivity contribution in [3.05, 3.63) is 12.2 Å². The average molecular weight is 738 g/mol. The Hall–Kier alpha value is -1.93. The van der Waals surface area contributed by atoms with Gasteiger partial charge in [0, 0.05) is 19.3 Å². The van der Waals surface area contributed by atoms with Crippen LogP contribution in [0.4, 0.5) is 0 Å². The molecule has 0 radical (unpaired) electrons. The summed E-state index contributed by atoms with van der Waals surface area (Å²) >= 11 is 0. The quantitative estimate of drug-likeness (QED) is 0.0268. The van der Waals surface area contributed by atoms with E-state index in [9.17, 15) is 19.5 Å². The number of carboxylic acid groups (broad SMARTS) is 1. The van der Waals surface area contributed by atoms with Gasteiger partial charge in [-0.1, -0.05) is 167 Å². The standard InChI is InChI=1S/C44H83NO7/c1-6-8-10-12-14-16-17-18-19-20-21-22-23-24-25-26-27-29-31-33-35-43(47)52-40(38-50-37-36-41(44(48)49)45(3,4)5)39-51-42(46)34-32-30-28-15-13-11-9-7-2/h28,30,40-41H,6-27,29,31-39H2,1-5H3/b30-28+. The van der Waals surface area contributed by atoms with Gasteiger partial charge in [-0.3, -0.25) is 9.59 Å². The minimum Gasteiger partial charge on any atom is -0.544 e. The molecule has 8 heteroatoms. The van der Waals surface area contributed by atoms with Crippen molar-refractivity contribution in [2.24, 2.45) is 0 Å². The lowest BCUT2D eigenvalue weighted by Gasteiger charge is -2.34. The van der Waals surface area contributed by atoms with E-state index in [1.165, 1.54) is 135 Å². The summed E-state index contributed by atoms with van der Waals surface area (Å²) in [7, 11) is 5.40. The van der Waals surface area contributed by atoms with Crippen LogP contribution in [0.5, 0.6) is 0 Å². The van der Waals surface area contributed by atoms with E-state index in [-0.39, 0.29) is 49.1 Å². The van der Waals surface area contributed by atoms with Crippen molar-refractivity contribution in [3.8, 4) is 0 Å². The first-order chi connectivity index (χ1) is 25.1. The first-order valence-electron chi connectivity index (χ1n) is 21.7. The second-order valence-corrected chi connectivity index (χ2v) is 15.9. The molecule has 2 atom stereocenters. The van der Waals surface area contributed by atoms with Crippen molar-refractivity contribution in [1.29, 1.82) is 0 Å². The van der Waals surface area contributed by atoms with Gasteiger partial charge >= 0.3 is 11.9 Å². The first-order valence-corrected chi connectivity index (χ1v) is 21.7. The largest absolute Gasteiger partial charge is 0.544 e. The fraction of sp³-hybridized carbons (Fsp3) is 0.886. The molecule has 0 N–H and O–H groups in total. The molecule has 0 aromatic heterocycles. The Kier molecular flexibility index (Phi) is 34.7. The van der Waals surface area contributed by atoms with Gasteiger partial charge in [-0.25, -0.2) is 0 Å². The first kappa shape index (κ1) is 50.1. The summed E-state index contributed by atoms with van der Waals surface area (Å²) in [6.45, 7) is 4.60. The van der Waals surface area contributed by atoms with Gasteiger partial charge in [0.15, 0.2) is 6.10 Å². The summed E-state index contributed by atoms with van der Waals surface area (Å²) < 4.78 is 17.1. The monoisotopic (exact) mass is 738 g/mol. The molecule has 0 saturated heterocycles. The fourth-order valence-corrected chi connectivity index (χ4v) is 6.50. The van der Waals surface area contributed by atoms with Crippen LogP contribution in [0.2, 0.25) is 0 Å². The molecule has 0 rings (SSSR count). The van der Waals surface area contributed by atoms with E-state index in [2.05, 4.69) is 19.9 Å². The van der Waals surface area contributed by atoms with Crippen LogP contribution >= 0.6 is 0 Å². The summed E-state index contributed by atoms with van der Waals surface area (Å²) in [5.74, 6) is -1.79.